The van der Waals surface area contributed by atoms with Crippen LogP contribution in [0.2, 0.25) is 0 Å². The first-order valence-electron chi connectivity index (χ1n) is 12.6. The van der Waals surface area contributed by atoms with Crippen LogP contribution < -0.4 is 44.6 Å². The Morgan fingerprint density at radius 2 is 1.25 bits per heavy atom. The quantitative estimate of drug-likeness (QED) is 0.0468. The molecule has 0 saturated heterocycles. The van der Waals surface area contributed by atoms with Gasteiger partial charge < -0.3 is 54.8 Å². The molecule has 15 N–H and O–H groups in total. The van der Waals surface area contributed by atoms with Gasteiger partial charge in [-0.2, -0.15) is 0 Å². The van der Waals surface area contributed by atoms with E-state index in [9.17, 15) is 29.4 Å². The maximum absolute atomic E-state index is 13.1. The number of hydrogen-bond acceptors (Lipinski definition) is 8. The molecule has 0 spiro atoms. The van der Waals surface area contributed by atoms with Gasteiger partial charge in [0.2, 0.25) is 17.7 Å². The summed E-state index contributed by atoms with van der Waals surface area (Å²) in [5.74, 6) is -3.88. The second-order valence-electron chi connectivity index (χ2n) is 8.90. The minimum absolute atomic E-state index is 0.00692. The molecule has 0 aliphatic heterocycles. The van der Waals surface area contributed by atoms with Gasteiger partial charge in [0, 0.05) is 19.5 Å². The number of guanidine groups is 2. The standard InChI is InChI=1S/C24H40N10O6/c25-15(8-4-10-30-23(26)27)19(36)34-18(13-35)21(38)32-16(9-5-11-31-24(28)29)20(37)33-17(22(39)40)12-14-6-2-1-3-7-14/h1-3,6-7,15-18,35H,4-5,8-13,25H2,(H,32,38)(H,33,37)(H,34,36)(H,39,40)(H4,26,27,30)(H4,28,29,31). The van der Waals surface area contributed by atoms with Gasteiger partial charge in [0.05, 0.1) is 12.6 Å². The molecule has 0 aliphatic rings. The molecule has 0 aromatic heterocycles. The first kappa shape index (κ1) is 33.6. The summed E-state index contributed by atoms with van der Waals surface area (Å²) in [5, 5.41) is 26.6. The SMILES string of the molecule is NC(N)=NCCCC(N)C(=O)NC(CO)C(=O)NC(CCCN=C(N)N)C(=O)NC(Cc1ccccc1)C(=O)O. The Labute approximate surface area is 231 Å². The van der Waals surface area contributed by atoms with Gasteiger partial charge in [-0.1, -0.05) is 30.3 Å². The van der Waals surface area contributed by atoms with Crippen LogP contribution in [0.25, 0.3) is 0 Å². The van der Waals surface area contributed by atoms with Crippen molar-refractivity contribution in [3.8, 4) is 0 Å². The maximum atomic E-state index is 13.1. The molecule has 40 heavy (non-hydrogen) atoms. The Bertz CT molecular complexity index is 1030. The molecule has 1 aromatic rings. The van der Waals surface area contributed by atoms with Crippen LogP contribution in [-0.2, 0) is 25.6 Å². The first-order chi connectivity index (χ1) is 18.9. The summed E-state index contributed by atoms with van der Waals surface area (Å²) in [6, 6.07) is 3.75. The fourth-order valence-electron chi connectivity index (χ4n) is 3.49. The van der Waals surface area contributed by atoms with E-state index < -0.39 is 54.5 Å². The van der Waals surface area contributed by atoms with Gasteiger partial charge in [0.15, 0.2) is 11.9 Å². The summed E-state index contributed by atoms with van der Waals surface area (Å²) in [6.45, 7) is -0.388. The average molecular weight is 565 g/mol. The molecular formula is C24H40N10O6. The van der Waals surface area contributed by atoms with E-state index >= 15 is 0 Å². The van der Waals surface area contributed by atoms with Gasteiger partial charge >= 0.3 is 5.97 Å². The number of nitrogens with two attached hydrogens (primary N) is 5. The number of rotatable bonds is 18. The van der Waals surface area contributed by atoms with E-state index in [4.69, 9.17) is 28.7 Å². The van der Waals surface area contributed by atoms with Gasteiger partial charge in [-0.3, -0.25) is 24.4 Å². The number of aliphatic hydroxyl groups excluding tert-OH is 1. The van der Waals surface area contributed by atoms with Crippen molar-refractivity contribution in [1.29, 1.82) is 0 Å². The first-order valence-corrected chi connectivity index (χ1v) is 12.6. The summed E-state index contributed by atoms with van der Waals surface area (Å²) in [7, 11) is 0. The molecule has 222 valence electrons. The van der Waals surface area contributed by atoms with E-state index in [0.717, 1.165) is 0 Å². The number of amides is 3. The van der Waals surface area contributed by atoms with Crippen LogP contribution in [-0.4, -0.2) is 89.7 Å². The summed E-state index contributed by atoms with van der Waals surface area (Å²) in [4.78, 5) is 57.9. The Kier molecular flexibility index (Phi) is 15.1. The lowest BCUT2D eigenvalue weighted by Gasteiger charge is -2.24. The van der Waals surface area contributed by atoms with E-state index in [1.54, 1.807) is 30.3 Å². The van der Waals surface area contributed by atoms with E-state index in [-0.39, 0.29) is 50.7 Å². The number of carboxylic acid groups (broad SMARTS) is 1. The molecule has 0 fully saturated rings. The molecule has 0 saturated carbocycles. The highest BCUT2D eigenvalue weighted by Gasteiger charge is 2.30. The molecule has 1 rings (SSSR count). The van der Waals surface area contributed by atoms with Crippen LogP contribution in [0.3, 0.4) is 0 Å². The maximum Gasteiger partial charge on any atom is 0.326 e. The number of aliphatic carboxylic acids is 1. The summed E-state index contributed by atoms with van der Waals surface area (Å²) < 4.78 is 0. The van der Waals surface area contributed by atoms with Crippen LogP contribution in [0, 0.1) is 0 Å². The zero-order chi connectivity index (χ0) is 30.1. The third-order valence-electron chi connectivity index (χ3n) is 5.60. The second-order valence-corrected chi connectivity index (χ2v) is 8.90. The lowest BCUT2D eigenvalue weighted by atomic mass is 10.0. The number of nitrogens with one attached hydrogen (secondary N) is 3. The van der Waals surface area contributed by atoms with Gasteiger partial charge in [-0.15, -0.1) is 0 Å². The Balaban J connectivity index is 2.90. The van der Waals surface area contributed by atoms with Crippen molar-refractivity contribution in [3.05, 3.63) is 35.9 Å². The number of hydrogen-bond donors (Lipinski definition) is 10. The molecule has 4 unspecified atom stereocenters. The lowest BCUT2D eigenvalue weighted by Crippen LogP contribution is -2.58. The van der Waals surface area contributed by atoms with E-state index in [1.807, 2.05) is 0 Å². The highest BCUT2D eigenvalue weighted by molar-refractivity contribution is 5.94. The van der Waals surface area contributed by atoms with Crippen molar-refractivity contribution in [2.75, 3.05) is 19.7 Å². The summed E-state index contributed by atoms with van der Waals surface area (Å²) in [5.41, 5.74) is 27.7. The van der Waals surface area contributed by atoms with E-state index in [2.05, 4.69) is 25.9 Å². The molecular weight excluding hydrogens is 524 g/mol. The molecule has 0 heterocycles. The molecule has 16 heteroatoms. The predicted octanol–water partition coefficient (Wildman–Crippen LogP) is -3.81. The van der Waals surface area contributed by atoms with Crippen LogP contribution >= 0.6 is 0 Å². The van der Waals surface area contributed by atoms with Crippen molar-refractivity contribution in [2.24, 2.45) is 38.7 Å². The fraction of sp³-hybridized carbons (Fsp3) is 0.500. The third-order valence-corrected chi connectivity index (χ3v) is 5.60. The van der Waals surface area contributed by atoms with Crippen molar-refractivity contribution in [2.45, 2.75) is 56.3 Å². The number of carboxylic acids is 1. The second kappa shape index (κ2) is 18.0. The number of carbonyl (C=O) groups excluding carboxylic acids is 3. The van der Waals surface area contributed by atoms with Crippen LogP contribution in [0.1, 0.15) is 31.2 Å². The minimum Gasteiger partial charge on any atom is -0.480 e. The van der Waals surface area contributed by atoms with Crippen molar-refractivity contribution in [3.63, 3.8) is 0 Å². The van der Waals surface area contributed by atoms with Crippen molar-refractivity contribution in [1.82, 2.24) is 16.0 Å². The normalized spacial score (nSPS) is 13.6. The number of aliphatic hydroxyl groups is 1. The minimum atomic E-state index is -1.43. The third kappa shape index (κ3) is 13.4. The fourth-order valence-corrected chi connectivity index (χ4v) is 3.49. The van der Waals surface area contributed by atoms with Crippen LogP contribution in [0.5, 0.6) is 0 Å². The number of carbonyl (C=O) groups is 4. The number of benzene rings is 1. The number of aliphatic imine (C=N–C) groups is 2. The molecule has 3 amide bonds. The smallest absolute Gasteiger partial charge is 0.326 e. The lowest BCUT2D eigenvalue weighted by molar-refractivity contribution is -0.142. The van der Waals surface area contributed by atoms with Crippen LogP contribution in [0.15, 0.2) is 40.3 Å². The average Bonchev–Trinajstić information content (AvgIpc) is 2.90. The van der Waals surface area contributed by atoms with Crippen molar-refractivity contribution >= 4 is 35.6 Å². The zero-order valence-electron chi connectivity index (χ0n) is 22.2. The van der Waals surface area contributed by atoms with E-state index in [0.29, 0.717) is 12.0 Å². The number of nitrogens with zero attached hydrogens (tertiary/aromatic N) is 2. The highest BCUT2D eigenvalue weighted by atomic mass is 16.4. The molecule has 16 nitrogen and oxygen atoms in total. The highest BCUT2D eigenvalue weighted by Crippen LogP contribution is 2.06. The summed E-state index contributed by atoms with van der Waals surface area (Å²) in [6.07, 6.45) is 0.892. The zero-order valence-corrected chi connectivity index (χ0v) is 22.2. The van der Waals surface area contributed by atoms with Gasteiger partial charge in [-0.05, 0) is 31.2 Å². The van der Waals surface area contributed by atoms with Crippen molar-refractivity contribution < 1.29 is 29.4 Å². The Morgan fingerprint density at radius 1 is 0.750 bits per heavy atom. The van der Waals surface area contributed by atoms with Gasteiger partial charge in [0.1, 0.15) is 18.1 Å². The molecule has 1 aromatic carbocycles. The monoisotopic (exact) mass is 564 g/mol. The molecule has 4 atom stereocenters. The predicted molar refractivity (Wildman–Crippen MR) is 148 cm³/mol. The van der Waals surface area contributed by atoms with E-state index in [1.165, 1.54) is 0 Å². The Hall–Kier alpha value is -4.44. The molecule has 0 radical (unpaired) electrons. The van der Waals surface area contributed by atoms with Gasteiger partial charge in [0.25, 0.3) is 0 Å². The molecule has 0 aliphatic carbocycles. The topological polar surface area (TPSA) is 300 Å². The summed E-state index contributed by atoms with van der Waals surface area (Å²) >= 11 is 0. The van der Waals surface area contributed by atoms with Gasteiger partial charge in [-0.25, -0.2) is 4.79 Å². The Morgan fingerprint density at radius 3 is 1.77 bits per heavy atom. The molecule has 0 bridgehead atoms. The largest absolute Gasteiger partial charge is 0.480 e. The van der Waals surface area contributed by atoms with Crippen LogP contribution in [0.4, 0.5) is 0 Å².